The van der Waals surface area contributed by atoms with Crippen LogP contribution < -0.4 is 10.4 Å². The molecule has 1 aliphatic rings. The molecule has 3 atom stereocenters. The summed E-state index contributed by atoms with van der Waals surface area (Å²) in [6, 6.07) is 0. The van der Waals surface area contributed by atoms with Crippen molar-refractivity contribution < 1.29 is 19.7 Å². The minimum absolute atomic E-state index is 0.205. The van der Waals surface area contributed by atoms with Crippen molar-refractivity contribution in [3.8, 4) is 5.75 Å². The molecule has 3 N–H and O–H groups in total. The van der Waals surface area contributed by atoms with Crippen molar-refractivity contribution in [1.82, 2.24) is 9.55 Å². The molecule has 0 spiro atoms. The van der Waals surface area contributed by atoms with Gasteiger partial charge in [-0.15, -0.1) is 0 Å². The van der Waals surface area contributed by atoms with Crippen molar-refractivity contribution in [2.75, 3.05) is 13.7 Å². The van der Waals surface area contributed by atoms with Crippen LogP contribution in [0.4, 0.5) is 0 Å². The van der Waals surface area contributed by atoms with E-state index in [-0.39, 0.29) is 17.7 Å². The number of aromatic amines is 1. The second kappa shape index (κ2) is 5.19. The molecule has 1 saturated heterocycles. The van der Waals surface area contributed by atoms with Gasteiger partial charge in [0.05, 0.1) is 26.0 Å². The van der Waals surface area contributed by atoms with Gasteiger partial charge in [0.2, 0.25) is 0 Å². The Balaban J connectivity index is 2.35. The van der Waals surface area contributed by atoms with Crippen LogP contribution in [0, 0.1) is 4.64 Å². The third-order valence-corrected chi connectivity index (χ3v) is 3.15. The molecule has 2 rings (SSSR count). The highest BCUT2D eigenvalue weighted by molar-refractivity contribution is 7.71. The first-order valence-electron chi connectivity index (χ1n) is 5.40. The lowest BCUT2D eigenvalue weighted by Crippen LogP contribution is -2.27. The number of hydrogen-bond donors (Lipinski definition) is 3. The highest BCUT2D eigenvalue weighted by Gasteiger charge is 2.35. The summed E-state index contributed by atoms with van der Waals surface area (Å²) in [4.78, 5) is 14.2. The smallest absolute Gasteiger partial charge is 0.328 e. The summed E-state index contributed by atoms with van der Waals surface area (Å²) in [5.41, 5.74) is -0.448. The molecule has 18 heavy (non-hydrogen) atoms. The monoisotopic (exact) mass is 274 g/mol. The van der Waals surface area contributed by atoms with Gasteiger partial charge in [0.1, 0.15) is 12.3 Å². The Hall–Kier alpha value is -1.22. The van der Waals surface area contributed by atoms with Crippen LogP contribution in [0.2, 0.25) is 0 Å². The molecular weight excluding hydrogens is 260 g/mol. The topological polar surface area (TPSA) is 96.7 Å². The quantitative estimate of drug-likeness (QED) is 0.646. The fourth-order valence-electron chi connectivity index (χ4n) is 1.88. The summed E-state index contributed by atoms with van der Waals surface area (Å²) in [6.45, 7) is -0.299. The molecule has 100 valence electrons. The second-order valence-electron chi connectivity index (χ2n) is 3.98. The van der Waals surface area contributed by atoms with Crippen molar-refractivity contribution >= 4 is 12.2 Å². The first kappa shape index (κ1) is 13.2. The molecule has 7 nitrogen and oxygen atoms in total. The van der Waals surface area contributed by atoms with Gasteiger partial charge in [-0.05, 0) is 0 Å². The number of nitrogens with zero attached hydrogens (tertiary/aromatic N) is 1. The van der Waals surface area contributed by atoms with Crippen molar-refractivity contribution in [3.63, 3.8) is 0 Å². The average Bonchev–Trinajstić information content (AvgIpc) is 2.70. The molecule has 2 heterocycles. The number of nitrogens with one attached hydrogen (secondary N) is 1. The van der Waals surface area contributed by atoms with Crippen molar-refractivity contribution in [2.45, 2.75) is 24.9 Å². The van der Waals surface area contributed by atoms with E-state index in [9.17, 15) is 9.90 Å². The third kappa shape index (κ3) is 2.32. The SMILES string of the molecule is COc1cn([C@H]2C[C@@H](O)[C@H](CO)O2)c(=O)[nH]c1=S. The van der Waals surface area contributed by atoms with Crippen molar-refractivity contribution in [2.24, 2.45) is 0 Å². The molecule has 0 saturated carbocycles. The van der Waals surface area contributed by atoms with Gasteiger partial charge < -0.3 is 19.7 Å². The summed E-state index contributed by atoms with van der Waals surface area (Å²) in [7, 11) is 1.44. The van der Waals surface area contributed by atoms with Crippen molar-refractivity contribution in [3.05, 3.63) is 21.3 Å². The lowest BCUT2D eigenvalue weighted by atomic mass is 10.2. The number of methoxy groups -OCH3 is 1. The van der Waals surface area contributed by atoms with Crippen LogP contribution in [0.5, 0.6) is 5.75 Å². The van der Waals surface area contributed by atoms with E-state index in [4.69, 9.17) is 26.8 Å². The largest absolute Gasteiger partial charge is 0.492 e. The number of rotatable bonds is 3. The lowest BCUT2D eigenvalue weighted by Gasteiger charge is -2.15. The highest BCUT2D eigenvalue weighted by atomic mass is 32.1. The zero-order valence-electron chi connectivity index (χ0n) is 9.70. The van der Waals surface area contributed by atoms with E-state index < -0.39 is 24.1 Å². The predicted octanol–water partition coefficient (Wildman–Crippen LogP) is -0.445. The third-order valence-electron chi connectivity index (χ3n) is 2.85. The van der Waals surface area contributed by atoms with E-state index in [1.54, 1.807) is 0 Å². The van der Waals surface area contributed by atoms with E-state index in [2.05, 4.69) is 4.98 Å². The maximum absolute atomic E-state index is 11.8. The van der Waals surface area contributed by atoms with Crippen molar-refractivity contribution in [1.29, 1.82) is 0 Å². The van der Waals surface area contributed by atoms with Crippen LogP contribution in [0.25, 0.3) is 0 Å². The zero-order chi connectivity index (χ0) is 13.3. The first-order chi connectivity index (χ1) is 8.56. The molecule has 0 aliphatic carbocycles. The van der Waals surface area contributed by atoms with Gasteiger partial charge in [-0.1, -0.05) is 12.2 Å². The number of aliphatic hydroxyl groups excluding tert-OH is 2. The van der Waals surface area contributed by atoms with Crippen LogP contribution in [0.1, 0.15) is 12.6 Å². The first-order valence-corrected chi connectivity index (χ1v) is 5.81. The molecule has 0 amide bonds. The number of aromatic nitrogens is 2. The van der Waals surface area contributed by atoms with Gasteiger partial charge >= 0.3 is 5.69 Å². The Morgan fingerprint density at radius 2 is 2.44 bits per heavy atom. The van der Waals surface area contributed by atoms with Gasteiger partial charge in [0.25, 0.3) is 0 Å². The maximum Gasteiger partial charge on any atom is 0.328 e. The van der Waals surface area contributed by atoms with Crippen LogP contribution in [-0.2, 0) is 4.74 Å². The molecule has 1 fully saturated rings. The Morgan fingerprint density at radius 3 is 3.00 bits per heavy atom. The van der Waals surface area contributed by atoms with E-state index in [0.717, 1.165) is 0 Å². The van der Waals surface area contributed by atoms with Gasteiger partial charge in [-0.3, -0.25) is 9.55 Å². The predicted molar refractivity (Wildman–Crippen MR) is 64.1 cm³/mol. The van der Waals surface area contributed by atoms with E-state index in [1.165, 1.54) is 17.9 Å². The number of aliphatic hydroxyl groups is 2. The van der Waals surface area contributed by atoms with Crippen LogP contribution in [0.15, 0.2) is 11.0 Å². The summed E-state index contributed by atoms with van der Waals surface area (Å²) in [5.74, 6) is 0.343. The van der Waals surface area contributed by atoms with Gasteiger partial charge in [-0.2, -0.15) is 0 Å². The Kier molecular flexibility index (Phi) is 3.81. The minimum atomic E-state index is -0.805. The standard InChI is InChI=1S/C10H14N2O5S/c1-16-6-3-12(10(15)11-9(6)18)8-2-5(14)7(4-13)17-8/h3,5,7-8,13-14H,2,4H2,1H3,(H,11,15,18)/t5-,7+,8-/m1/s1. The normalized spacial score (nSPS) is 27.4. The summed E-state index contributed by atoms with van der Waals surface area (Å²) in [5, 5.41) is 18.6. The minimum Gasteiger partial charge on any atom is -0.492 e. The number of ether oxygens (including phenoxy) is 2. The summed E-state index contributed by atoms with van der Waals surface area (Å²) in [6.07, 6.45) is -0.487. The molecule has 8 heteroatoms. The number of hydrogen-bond acceptors (Lipinski definition) is 6. The lowest BCUT2D eigenvalue weighted by molar-refractivity contribution is -0.0460. The Bertz CT molecular complexity index is 540. The molecule has 0 unspecified atom stereocenters. The van der Waals surface area contributed by atoms with Crippen LogP contribution in [0.3, 0.4) is 0 Å². The molecule has 0 aromatic carbocycles. The molecule has 1 aliphatic heterocycles. The van der Waals surface area contributed by atoms with E-state index >= 15 is 0 Å². The Labute approximate surface area is 108 Å². The fourth-order valence-corrected chi connectivity index (χ4v) is 2.10. The fraction of sp³-hybridized carbons (Fsp3) is 0.600. The molecule has 0 bridgehead atoms. The van der Waals surface area contributed by atoms with Crippen LogP contribution >= 0.6 is 12.2 Å². The van der Waals surface area contributed by atoms with Gasteiger partial charge in [0.15, 0.2) is 10.4 Å². The maximum atomic E-state index is 11.8. The second-order valence-corrected chi connectivity index (χ2v) is 4.39. The van der Waals surface area contributed by atoms with E-state index in [1.807, 2.05) is 0 Å². The molecular formula is C10H14N2O5S. The molecule has 1 aromatic heterocycles. The zero-order valence-corrected chi connectivity index (χ0v) is 10.5. The molecule has 0 radical (unpaired) electrons. The van der Waals surface area contributed by atoms with Gasteiger partial charge in [0, 0.05) is 6.42 Å². The molecule has 1 aromatic rings. The highest BCUT2D eigenvalue weighted by Crippen LogP contribution is 2.28. The Morgan fingerprint density at radius 1 is 1.72 bits per heavy atom. The van der Waals surface area contributed by atoms with Gasteiger partial charge in [-0.25, -0.2) is 4.79 Å². The number of H-pyrrole nitrogens is 1. The van der Waals surface area contributed by atoms with E-state index in [0.29, 0.717) is 5.75 Å². The summed E-state index contributed by atoms with van der Waals surface area (Å²) < 4.78 is 11.9. The van der Waals surface area contributed by atoms with Crippen LogP contribution in [-0.4, -0.2) is 45.7 Å². The summed E-state index contributed by atoms with van der Waals surface area (Å²) >= 11 is 4.92. The average molecular weight is 274 g/mol.